The summed E-state index contributed by atoms with van der Waals surface area (Å²) in [6.45, 7) is 4.40. The molecule has 1 saturated heterocycles. The molecule has 1 fully saturated rings. The van der Waals surface area contributed by atoms with Crippen LogP contribution in [0.15, 0.2) is 59.0 Å². The number of likely N-dealkylation sites (N-methyl/N-ethyl adjacent to an activating group) is 1. The van der Waals surface area contributed by atoms with Crippen LogP contribution in [-0.2, 0) is 7.05 Å². The molecule has 5 heteroatoms. The van der Waals surface area contributed by atoms with Crippen molar-refractivity contribution in [3.05, 3.63) is 48.8 Å². The van der Waals surface area contributed by atoms with E-state index in [1.54, 1.807) is 0 Å². The summed E-state index contributed by atoms with van der Waals surface area (Å²) in [6, 6.07) is 12.2. The lowest BCUT2D eigenvalue weighted by Gasteiger charge is -2.34. The number of piperazine rings is 1. The SMILES string of the molecule is CN1CCN(c2ccc(N=Nc3cc[n+](C)cc3)cc2)CC1. The van der Waals surface area contributed by atoms with Crippen LogP contribution >= 0.6 is 0 Å². The molecule has 0 saturated carbocycles. The fourth-order valence-electron chi connectivity index (χ4n) is 2.47. The molecule has 3 rings (SSSR count). The molecule has 1 aromatic carbocycles. The Hall–Kier alpha value is -2.27. The molecular formula is C17H22N5+. The number of anilines is 1. The summed E-state index contributed by atoms with van der Waals surface area (Å²) in [5.74, 6) is 0. The second-order valence-electron chi connectivity index (χ2n) is 5.73. The van der Waals surface area contributed by atoms with Crippen LogP contribution in [0.2, 0.25) is 0 Å². The molecule has 1 aliphatic heterocycles. The molecule has 5 nitrogen and oxygen atoms in total. The standard InChI is InChI=1S/C17H22N5/c1-20-9-7-16(8-10-20)19-18-15-3-5-17(6-4-15)22-13-11-21(2)12-14-22/h3-10H,11-14H2,1-2H3/q+1. The van der Waals surface area contributed by atoms with Gasteiger partial charge >= 0.3 is 0 Å². The van der Waals surface area contributed by atoms with Crippen molar-refractivity contribution in [3.8, 4) is 0 Å². The number of rotatable bonds is 3. The first-order valence-corrected chi connectivity index (χ1v) is 7.61. The normalized spacial score (nSPS) is 16.4. The van der Waals surface area contributed by atoms with Gasteiger partial charge in [-0.2, -0.15) is 10.2 Å². The highest BCUT2D eigenvalue weighted by Gasteiger charge is 2.13. The second-order valence-corrected chi connectivity index (χ2v) is 5.73. The number of azo groups is 1. The largest absolute Gasteiger partial charge is 0.369 e. The highest BCUT2D eigenvalue weighted by Crippen LogP contribution is 2.22. The van der Waals surface area contributed by atoms with Gasteiger partial charge in [0.25, 0.3) is 0 Å². The fraction of sp³-hybridized carbons (Fsp3) is 0.353. The van der Waals surface area contributed by atoms with Crippen LogP contribution in [0.25, 0.3) is 0 Å². The van der Waals surface area contributed by atoms with E-state index in [0.717, 1.165) is 37.6 Å². The monoisotopic (exact) mass is 296 g/mol. The van der Waals surface area contributed by atoms with Crippen LogP contribution in [0.3, 0.4) is 0 Å². The Kier molecular flexibility index (Phi) is 4.44. The summed E-state index contributed by atoms with van der Waals surface area (Å²) in [5, 5.41) is 8.55. The summed E-state index contributed by atoms with van der Waals surface area (Å²) < 4.78 is 1.98. The summed E-state index contributed by atoms with van der Waals surface area (Å²) >= 11 is 0. The summed E-state index contributed by atoms with van der Waals surface area (Å²) in [4.78, 5) is 4.77. The van der Waals surface area contributed by atoms with Gasteiger partial charge in [0.1, 0.15) is 7.05 Å². The lowest BCUT2D eigenvalue weighted by molar-refractivity contribution is -0.671. The average Bonchev–Trinajstić information content (AvgIpc) is 2.56. The third-order valence-electron chi connectivity index (χ3n) is 3.96. The third-order valence-corrected chi connectivity index (χ3v) is 3.96. The Morgan fingerprint density at radius 3 is 1.95 bits per heavy atom. The lowest BCUT2D eigenvalue weighted by atomic mass is 10.2. The van der Waals surface area contributed by atoms with Crippen molar-refractivity contribution in [2.24, 2.45) is 17.3 Å². The first kappa shape index (κ1) is 14.7. The van der Waals surface area contributed by atoms with Crippen molar-refractivity contribution in [2.45, 2.75) is 0 Å². The van der Waals surface area contributed by atoms with E-state index in [9.17, 15) is 0 Å². The zero-order valence-corrected chi connectivity index (χ0v) is 13.2. The molecule has 0 amide bonds. The molecule has 2 heterocycles. The maximum atomic E-state index is 4.29. The van der Waals surface area contributed by atoms with Crippen LogP contribution in [0, 0.1) is 0 Å². The van der Waals surface area contributed by atoms with Gasteiger partial charge in [-0.1, -0.05) is 0 Å². The van der Waals surface area contributed by atoms with Crippen molar-refractivity contribution >= 4 is 17.1 Å². The van der Waals surface area contributed by atoms with Gasteiger partial charge in [0.2, 0.25) is 0 Å². The van der Waals surface area contributed by atoms with Gasteiger partial charge in [0.05, 0.1) is 11.4 Å². The van der Waals surface area contributed by atoms with Gasteiger partial charge in [-0.05, 0) is 31.3 Å². The quantitative estimate of drug-likeness (QED) is 0.645. The highest BCUT2D eigenvalue weighted by atomic mass is 15.2. The van der Waals surface area contributed by atoms with E-state index in [1.165, 1.54) is 5.69 Å². The highest BCUT2D eigenvalue weighted by molar-refractivity contribution is 5.53. The van der Waals surface area contributed by atoms with E-state index < -0.39 is 0 Å². The predicted molar refractivity (Wildman–Crippen MR) is 87.9 cm³/mol. The topological polar surface area (TPSA) is 35.1 Å². The van der Waals surface area contributed by atoms with Crippen LogP contribution in [0.1, 0.15) is 0 Å². The molecule has 0 aliphatic carbocycles. The van der Waals surface area contributed by atoms with Crippen LogP contribution < -0.4 is 9.47 Å². The van der Waals surface area contributed by atoms with Crippen molar-refractivity contribution in [1.29, 1.82) is 0 Å². The predicted octanol–water partition coefficient (Wildman–Crippen LogP) is 2.68. The summed E-state index contributed by atoms with van der Waals surface area (Å²) in [7, 11) is 4.16. The molecule has 2 aromatic rings. The van der Waals surface area contributed by atoms with Crippen LogP contribution in [0.5, 0.6) is 0 Å². The van der Waals surface area contributed by atoms with Gasteiger partial charge in [0.15, 0.2) is 12.4 Å². The molecule has 0 unspecified atom stereocenters. The molecule has 0 bridgehead atoms. The minimum atomic E-state index is 0.862. The molecule has 0 radical (unpaired) electrons. The smallest absolute Gasteiger partial charge is 0.170 e. The number of pyridine rings is 1. The molecule has 114 valence electrons. The zero-order chi connectivity index (χ0) is 15.4. The minimum Gasteiger partial charge on any atom is -0.369 e. The van der Waals surface area contributed by atoms with Gasteiger partial charge < -0.3 is 9.80 Å². The van der Waals surface area contributed by atoms with E-state index in [-0.39, 0.29) is 0 Å². The fourth-order valence-corrected chi connectivity index (χ4v) is 2.47. The van der Waals surface area contributed by atoms with E-state index >= 15 is 0 Å². The van der Waals surface area contributed by atoms with E-state index in [4.69, 9.17) is 0 Å². The second kappa shape index (κ2) is 6.66. The third kappa shape index (κ3) is 3.68. The number of nitrogens with zero attached hydrogens (tertiary/aromatic N) is 5. The maximum Gasteiger partial charge on any atom is 0.170 e. The molecule has 0 N–H and O–H groups in total. The van der Waals surface area contributed by atoms with E-state index in [1.807, 2.05) is 48.3 Å². The van der Waals surface area contributed by atoms with Crippen molar-refractivity contribution in [1.82, 2.24) is 4.90 Å². The molecule has 1 aliphatic rings. The number of aryl methyl sites for hydroxylation is 1. The van der Waals surface area contributed by atoms with Crippen LogP contribution in [-0.4, -0.2) is 38.1 Å². The number of benzene rings is 1. The van der Waals surface area contributed by atoms with E-state index in [0.29, 0.717) is 0 Å². The molecule has 1 aromatic heterocycles. The Labute approximate surface area is 131 Å². The Morgan fingerprint density at radius 1 is 0.818 bits per heavy atom. The summed E-state index contributed by atoms with van der Waals surface area (Å²) in [6.07, 6.45) is 3.93. The van der Waals surface area contributed by atoms with Crippen molar-refractivity contribution in [3.63, 3.8) is 0 Å². The van der Waals surface area contributed by atoms with Gasteiger partial charge in [0, 0.05) is 44.0 Å². The van der Waals surface area contributed by atoms with Crippen molar-refractivity contribution in [2.75, 3.05) is 38.1 Å². The maximum absolute atomic E-state index is 4.29. The minimum absolute atomic E-state index is 0.862. The first-order valence-electron chi connectivity index (χ1n) is 7.61. The zero-order valence-electron chi connectivity index (χ0n) is 13.2. The number of hydrogen-bond acceptors (Lipinski definition) is 4. The van der Waals surface area contributed by atoms with Gasteiger partial charge in [-0.25, -0.2) is 4.57 Å². The first-order chi connectivity index (χ1) is 10.7. The number of hydrogen-bond donors (Lipinski definition) is 0. The Bertz CT molecular complexity index is 625. The Balaban J connectivity index is 1.65. The van der Waals surface area contributed by atoms with Crippen LogP contribution in [0.4, 0.5) is 17.1 Å². The average molecular weight is 296 g/mol. The van der Waals surface area contributed by atoms with E-state index in [2.05, 4.69) is 39.2 Å². The number of aromatic nitrogens is 1. The van der Waals surface area contributed by atoms with Gasteiger partial charge in [-0.15, -0.1) is 0 Å². The molecule has 22 heavy (non-hydrogen) atoms. The Morgan fingerprint density at radius 2 is 1.36 bits per heavy atom. The molecular weight excluding hydrogens is 274 g/mol. The lowest BCUT2D eigenvalue weighted by Crippen LogP contribution is -2.44. The molecule has 0 atom stereocenters. The van der Waals surface area contributed by atoms with Gasteiger partial charge in [-0.3, -0.25) is 0 Å². The summed E-state index contributed by atoms with van der Waals surface area (Å²) in [5.41, 5.74) is 3.01. The van der Waals surface area contributed by atoms with Crippen molar-refractivity contribution < 1.29 is 4.57 Å². The molecule has 0 spiro atoms.